The number of furan rings is 1. The molecular formula is C24H16ClN3O7. The van der Waals surface area contributed by atoms with Crippen molar-refractivity contribution >= 4 is 51.4 Å². The van der Waals surface area contributed by atoms with E-state index in [-0.39, 0.29) is 27.7 Å². The van der Waals surface area contributed by atoms with Gasteiger partial charge < -0.3 is 24.5 Å². The standard InChI is InChI=1S/C24H16ClN3O7/c25-17-7-6-14(28(31)32)12-16(17)23(29)27-21-15-3-1-2-4-18(15)35-22(21)24(30)26-13-5-8-19-20(11-13)34-10-9-33-19/h1-8,11-12H,9-10H2,(H,26,30)(H,27,29). The predicted octanol–water partition coefficient (Wildman–Crippen LogP) is 5.27. The van der Waals surface area contributed by atoms with Crippen LogP contribution in [-0.2, 0) is 0 Å². The van der Waals surface area contributed by atoms with Crippen LogP contribution in [0.1, 0.15) is 20.9 Å². The van der Waals surface area contributed by atoms with Gasteiger partial charge in [-0.25, -0.2) is 0 Å². The maximum absolute atomic E-state index is 13.2. The number of nitro benzene ring substituents is 1. The van der Waals surface area contributed by atoms with Crippen LogP contribution in [0.5, 0.6) is 11.5 Å². The number of fused-ring (bicyclic) bond motifs is 2. The van der Waals surface area contributed by atoms with Gasteiger partial charge in [-0.05, 0) is 30.3 Å². The largest absolute Gasteiger partial charge is 0.486 e. The van der Waals surface area contributed by atoms with Crippen molar-refractivity contribution in [1.29, 1.82) is 0 Å². The van der Waals surface area contributed by atoms with E-state index in [0.29, 0.717) is 41.4 Å². The minimum atomic E-state index is -0.737. The molecule has 0 radical (unpaired) electrons. The highest BCUT2D eigenvalue weighted by atomic mass is 35.5. The van der Waals surface area contributed by atoms with Crippen LogP contribution >= 0.6 is 11.6 Å². The van der Waals surface area contributed by atoms with Crippen LogP contribution in [0.2, 0.25) is 5.02 Å². The molecule has 2 heterocycles. The van der Waals surface area contributed by atoms with Gasteiger partial charge in [-0.15, -0.1) is 0 Å². The second-order valence-electron chi connectivity index (χ2n) is 7.49. The molecule has 3 aromatic carbocycles. The molecule has 0 unspecified atom stereocenters. The number of hydrogen-bond acceptors (Lipinski definition) is 7. The highest BCUT2D eigenvalue weighted by molar-refractivity contribution is 6.34. The molecule has 10 nitrogen and oxygen atoms in total. The second-order valence-corrected chi connectivity index (χ2v) is 7.90. The van der Waals surface area contributed by atoms with Crippen molar-refractivity contribution in [3.05, 3.63) is 87.1 Å². The maximum atomic E-state index is 13.2. The van der Waals surface area contributed by atoms with E-state index in [4.69, 9.17) is 25.5 Å². The molecule has 35 heavy (non-hydrogen) atoms. The third kappa shape index (κ3) is 4.34. The van der Waals surface area contributed by atoms with Gasteiger partial charge in [0, 0.05) is 29.3 Å². The van der Waals surface area contributed by atoms with E-state index in [1.807, 2.05) is 0 Å². The number of halogens is 1. The van der Waals surface area contributed by atoms with Gasteiger partial charge in [0.25, 0.3) is 17.5 Å². The molecule has 0 saturated heterocycles. The van der Waals surface area contributed by atoms with E-state index < -0.39 is 16.7 Å². The molecule has 176 valence electrons. The summed E-state index contributed by atoms with van der Waals surface area (Å²) in [6.07, 6.45) is 0. The zero-order valence-electron chi connectivity index (χ0n) is 17.9. The lowest BCUT2D eigenvalue weighted by Crippen LogP contribution is -2.18. The first kappa shape index (κ1) is 22.2. The fraction of sp³-hybridized carbons (Fsp3) is 0.0833. The number of amides is 2. The Balaban J connectivity index is 1.48. The topological polar surface area (TPSA) is 133 Å². The molecule has 11 heteroatoms. The number of benzene rings is 3. The SMILES string of the molecule is O=C(Nc1c(C(=O)Nc2ccc3c(c2)OCCO3)oc2ccccc12)c1cc([N+](=O)[O-])ccc1Cl. The van der Waals surface area contributed by atoms with E-state index in [0.717, 1.165) is 6.07 Å². The van der Waals surface area contributed by atoms with Gasteiger partial charge in [0.05, 0.1) is 15.5 Å². The van der Waals surface area contributed by atoms with Crippen molar-refractivity contribution in [2.75, 3.05) is 23.8 Å². The van der Waals surface area contributed by atoms with E-state index in [2.05, 4.69) is 10.6 Å². The number of rotatable bonds is 5. The molecule has 2 amide bonds. The second kappa shape index (κ2) is 8.99. The average molecular weight is 494 g/mol. The van der Waals surface area contributed by atoms with Gasteiger partial charge >= 0.3 is 0 Å². The first-order valence-corrected chi connectivity index (χ1v) is 10.8. The van der Waals surface area contributed by atoms with Crippen molar-refractivity contribution in [2.24, 2.45) is 0 Å². The summed E-state index contributed by atoms with van der Waals surface area (Å²) < 4.78 is 16.8. The Bertz CT molecular complexity index is 1500. The van der Waals surface area contributed by atoms with E-state index in [1.165, 1.54) is 12.1 Å². The van der Waals surface area contributed by atoms with Crippen LogP contribution < -0.4 is 20.1 Å². The third-order valence-corrected chi connectivity index (χ3v) is 5.58. The Morgan fingerprint density at radius 2 is 1.69 bits per heavy atom. The summed E-state index contributed by atoms with van der Waals surface area (Å²) in [6.45, 7) is 0.833. The summed E-state index contributed by atoms with van der Waals surface area (Å²) in [6, 6.07) is 15.2. The summed E-state index contributed by atoms with van der Waals surface area (Å²) in [7, 11) is 0. The van der Waals surface area contributed by atoms with Gasteiger partial charge in [0.15, 0.2) is 11.5 Å². The molecule has 0 atom stereocenters. The molecule has 5 rings (SSSR count). The molecule has 0 spiro atoms. The first-order valence-electron chi connectivity index (χ1n) is 10.4. The molecule has 0 bridgehead atoms. The van der Waals surface area contributed by atoms with E-state index >= 15 is 0 Å². The van der Waals surface area contributed by atoms with Gasteiger partial charge in [0.2, 0.25) is 5.76 Å². The maximum Gasteiger partial charge on any atom is 0.293 e. The fourth-order valence-corrected chi connectivity index (χ4v) is 3.82. The van der Waals surface area contributed by atoms with Crippen LogP contribution in [-0.4, -0.2) is 30.0 Å². The van der Waals surface area contributed by atoms with Crippen LogP contribution in [0.4, 0.5) is 17.1 Å². The number of carbonyl (C=O) groups is 2. The molecule has 2 N–H and O–H groups in total. The number of hydrogen-bond donors (Lipinski definition) is 2. The van der Waals surface area contributed by atoms with Crippen molar-refractivity contribution in [3.8, 4) is 11.5 Å². The number of anilines is 2. The smallest absolute Gasteiger partial charge is 0.293 e. The van der Waals surface area contributed by atoms with Crippen molar-refractivity contribution in [1.82, 2.24) is 0 Å². The average Bonchev–Trinajstić information content (AvgIpc) is 3.22. The zero-order valence-corrected chi connectivity index (χ0v) is 18.6. The Hall–Kier alpha value is -4.57. The number of non-ortho nitro benzene ring substituents is 1. The molecule has 4 aromatic rings. The summed E-state index contributed by atoms with van der Waals surface area (Å²) in [5.41, 5.74) is 0.472. The van der Waals surface area contributed by atoms with Crippen LogP contribution in [0.15, 0.2) is 65.1 Å². The lowest BCUT2D eigenvalue weighted by atomic mass is 10.1. The lowest BCUT2D eigenvalue weighted by Gasteiger charge is -2.18. The summed E-state index contributed by atoms with van der Waals surface area (Å²) in [4.78, 5) is 36.7. The van der Waals surface area contributed by atoms with Gasteiger partial charge in [-0.2, -0.15) is 0 Å². The van der Waals surface area contributed by atoms with Crippen molar-refractivity contribution in [2.45, 2.75) is 0 Å². The Morgan fingerprint density at radius 1 is 0.914 bits per heavy atom. The molecule has 1 aliphatic rings. The monoisotopic (exact) mass is 493 g/mol. The minimum Gasteiger partial charge on any atom is -0.486 e. The highest BCUT2D eigenvalue weighted by Crippen LogP contribution is 2.35. The van der Waals surface area contributed by atoms with Crippen LogP contribution in [0.3, 0.4) is 0 Å². The van der Waals surface area contributed by atoms with Gasteiger partial charge in [-0.1, -0.05) is 23.7 Å². The number of nitrogens with zero attached hydrogens (tertiary/aromatic N) is 1. The first-order chi connectivity index (χ1) is 16.9. The number of para-hydroxylation sites is 1. The minimum absolute atomic E-state index is 0.0168. The molecule has 1 aliphatic heterocycles. The van der Waals surface area contributed by atoms with Crippen LogP contribution in [0.25, 0.3) is 11.0 Å². The zero-order chi connectivity index (χ0) is 24.5. The molecule has 0 fully saturated rings. The number of nitro groups is 1. The van der Waals surface area contributed by atoms with E-state index in [1.54, 1.807) is 42.5 Å². The number of carbonyl (C=O) groups excluding carboxylic acids is 2. The van der Waals surface area contributed by atoms with Crippen molar-refractivity contribution in [3.63, 3.8) is 0 Å². The van der Waals surface area contributed by atoms with Crippen LogP contribution in [0, 0.1) is 10.1 Å². The van der Waals surface area contributed by atoms with Gasteiger partial charge in [0.1, 0.15) is 24.5 Å². The Kier molecular flexibility index (Phi) is 5.71. The van der Waals surface area contributed by atoms with E-state index in [9.17, 15) is 19.7 Å². The third-order valence-electron chi connectivity index (χ3n) is 5.25. The molecule has 1 aromatic heterocycles. The molecule has 0 aliphatic carbocycles. The van der Waals surface area contributed by atoms with Gasteiger partial charge in [-0.3, -0.25) is 19.7 Å². The molecular weight excluding hydrogens is 478 g/mol. The highest BCUT2D eigenvalue weighted by Gasteiger charge is 2.25. The summed E-state index contributed by atoms with van der Waals surface area (Å²) in [5.74, 6) is -0.458. The lowest BCUT2D eigenvalue weighted by molar-refractivity contribution is -0.384. The Labute approximate surface area is 202 Å². The number of ether oxygens (including phenoxy) is 2. The quantitative estimate of drug-likeness (QED) is 0.286. The Morgan fingerprint density at radius 3 is 2.49 bits per heavy atom. The summed E-state index contributed by atoms with van der Waals surface area (Å²) in [5, 5.41) is 17.0. The predicted molar refractivity (Wildman–Crippen MR) is 128 cm³/mol. The normalized spacial score (nSPS) is 12.3. The fourth-order valence-electron chi connectivity index (χ4n) is 3.62. The molecule has 0 saturated carbocycles. The number of nitrogens with one attached hydrogen (secondary N) is 2. The van der Waals surface area contributed by atoms with Crippen molar-refractivity contribution < 1.29 is 28.4 Å². The summed E-state index contributed by atoms with van der Waals surface area (Å²) >= 11 is 6.11.